The average Bonchev–Trinajstić information content (AvgIpc) is 3.42. The highest BCUT2D eigenvalue weighted by molar-refractivity contribution is 7.89. The number of nitrogens with one attached hydrogen (secondary N) is 1. The molecule has 5 rings (SSSR count). The summed E-state index contributed by atoms with van der Waals surface area (Å²) in [5.41, 5.74) is 5.07. The lowest BCUT2D eigenvalue weighted by Crippen LogP contribution is -2.50. The molecule has 1 N–H and O–H groups in total. The summed E-state index contributed by atoms with van der Waals surface area (Å²) in [7, 11) is -3.73. The Morgan fingerprint density at radius 3 is 2.44 bits per heavy atom. The molecule has 2 heterocycles. The van der Waals surface area contributed by atoms with Gasteiger partial charge in [0.2, 0.25) is 15.9 Å². The first-order valence-electron chi connectivity index (χ1n) is 11.7. The number of para-hydroxylation sites is 1. The zero-order chi connectivity index (χ0) is 23.7. The van der Waals surface area contributed by atoms with Gasteiger partial charge in [-0.25, -0.2) is 13.1 Å². The van der Waals surface area contributed by atoms with Crippen molar-refractivity contribution < 1.29 is 13.2 Å². The number of hydrogen-bond acceptors (Lipinski definition) is 5. The number of hydrogen-bond donors (Lipinski definition) is 1. The normalized spacial score (nSPS) is 16.4. The van der Waals surface area contributed by atoms with E-state index in [4.69, 9.17) is 0 Å². The van der Waals surface area contributed by atoms with Gasteiger partial charge < -0.3 is 10.2 Å². The first-order chi connectivity index (χ1) is 16.4. The van der Waals surface area contributed by atoms with Crippen LogP contribution in [0, 0.1) is 6.92 Å². The maximum atomic E-state index is 13.0. The van der Waals surface area contributed by atoms with Crippen LogP contribution in [0.3, 0.4) is 0 Å². The molecule has 8 nitrogen and oxygen atoms in total. The van der Waals surface area contributed by atoms with E-state index in [2.05, 4.69) is 21.4 Å². The Kier molecular flexibility index (Phi) is 6.14. The second kappa shape index (κ2) is 9.23. The number of nitrogens with zero attached hydrogens (tertiary/aromatic N) is 4. The molecule has 2 aliphatic rings. The number of anilines is 2. The van der Waals surface area contributed by atoms with Gasteiger partial charge in [0.1, 0.15) is 11.6 Å². The number of carbonyl (C=O) groups is 1. The molecular weight excluding hydrogens is 450 g/mol. The quantitative estimate of drug-likeness (QED) is 0.588. The summed E-state index contributed by atoms with van der Waals surface area (Å²) in [5, 5.41) is 7.55. The van der Waals surface area contributed by atoms with Gasteiger partial charge in [-0.1, -0.05) is 30.3 Å². The van der Waals surface area contributed by atoms with E-state index in [1.807, 2.05) is 55.5 Å². The molecule has 3 aromatic rings. The molecule has 1 aliphatic heterocycles. The fraction of sp³-hybridized carbons (Fsp3) is 0.360. The molecule has 1 aliphatic carbocycles. The van der Waals surface area contributed by atoms with Gasteiger partial charge in [0.15, 0.2) is 0 Å². The minimum atomic E-state index is -3.73. The third kappa shape index (κ3) is 4.58. The molecule has 1 amide bonds. The van der Waals surface area contributed by atoms with Gasteiger partial charge in [0, 0.05) is 37.4 Å². The maximum Gasteiger partial charge on any atom is 0.242 e. The minimum absolute atomic E-state index is 0.362. The lowest BCUT2D eigenvalue weighted by Gasteiger charge is -2.35. The second-order valence-electron chi connectivity index (χ2n) is 8.90. The van der Waals surface area contributed by atoms with Gasteiger partial charge in [-0.3, -0.25) is 4.79 Å². The molecule has 0 radical (unpaired) electrons. The van der Waals surface area contributed by atoms with E-state index in [1.165, 1.54) is 9.87 Å². The highest BCUT2D eigenvalue weighted by atomic mass is 32.2. The van der Waals surface area contributed by atoms with Crippen LogP contribution in [0.2, 0.25) is 0 Å². The Morgan fingerprint density at radius 2 is 1.71 bits per heavy atom. The van der Waals surface area contributed by atoms with Crippen molar-refractivity contribution in [2.75, 3.05) is 42.1 Å². The number of benzene rings is 2. The third-order valence-corrected chi connectivity index (χ3v) is 8.26. The fourth-order valence-corrected chi connectivity index (χ4v) is 6.06. The first kappa shape index (κ1) is 22.6. The van der Waals surface area contributed by atoms with E-state index in [-0.39, 0.29) is 0 Å². The molecule has 0 atom stereocenters. The molecule has 1 saturated heterocycles. The van der Waals surface area contributed by atoms with E-state index in [9.17, 15) is 13.2 Å². The molecule has 0 spiro atoms. The van der Waals surface area contributed by atoms with Gasteiger partial charge in [0.05, 0.1) is 11.4 Å². The summed E-state index contributed by atoms with van der Waals surface area (Å²) < 4.78 is 29.2. The Hall–Kier alpha value is -3.17. The number of piperazine rings is 1. The van der Waals surface area contributed by atoms with Crippen LogP contribution in [-0.2, 0) is 27.7 Å². The Bertz CT molecular complexity index is 1300. The molecule has 9 heteroatoms. The molecule has 178 valence electrons. The number of sulfonamides is 1. The summed E-state index contributed by atoms with van der Waals surface area (Å²) in [5.74, 6) is -0.525. The van der Waals surface area contributed by atoms with Gasteiger partial charge in [0.25, 0.3) is 0 Å². The van der Waals surface area contributed by atoms with Crippen molar-refractivity contribution in [3.05, 3.63) is 71.4 Å². The van der Waals surface area contributed by atoms with E-state index >= 15 is 0 Å². The molecule has 1 fully saturated rings. The molecule has 0 saturated carbocycles. The first-order valence-corrected chi connectivity index (χ1v) is 13.3. The van der Waals surface area contributed by atoms with Crippen molar-refractivity contribution in [2.24, 2.45) is 0 Å². The van der Waals surface area contributed by atoms with Crippen molar-refractivity contribution in [2.45, 2.75) is 26.2 Å². The van der Waals surface area contributed by atoms with Gasteiger partial charge in [-0.05, 0) is 56.0 Å². The molecule has 1 aromatic heterocycles. The van der Waals surface area contributed by atoms with Crippen LogP contribution < -0.4 is 10.2 Å². The topological polar surface area (TPSA) is 87.5 Å². The van der Waals surface area contributed by atoms with Gasteiger partial charge in [-0.15, -0.1) is 0 Å². The van der Waals surface area contributed by atoms with Crippen LogP contribution >= 0.6 is 0 Å². The number of aromatic nitrogens is 2. The third-order valence-electron chi connectivity index (χ3n) is 6.48. The van der Waals surface area contributed by atoms with Gasteiger partial charge >= 0.3 is 0 Å². The number of fused-ring (bicyclic) bond motifs is 1. The van der Waals surface area contributed by atoms with E-state index in [0.29, 0.717) is 32.0 Å². The number of aryl methyl sites for hydroxylation is 2. The number of rotatable bonds is 6. The Balaban J connectivity index is 1.26. The summed E-state index contributed by atoms with van der Waals surface area (Å²) >= 11 is 0. The second-order valence-corrected chi connectivity index (χ2v) is 10.9. The molecule has 0 bridgehead atoms. The fourth-order valence-electron chi connectivity index (χ4n) is 4.75. The monoisotopic (exact) mass is 479 g/mol. The van der Waals surface area contributed by atoms with E-state index in [0.717, 1.165) is 41.9 Å². The number of carbonyl (C=O) groups excluding carboxylic acids is 1. The zero-order valence-electron chi connectivity index (χ0n) is 19.3. The van der Waals surface area contributed by atoms with Crippen molar-refractivity contribution in [1.29, 1.82) is 0 Å². The van der Waals surface area contributed by atoms with Gasteiger partial charge in [-0.2, -0.15) is 9.40 Å². The lowest BCUT2D eigenvalue weighted by molar-refractivity contribution is -0.114. The Morgan fingerprint density at radius 1 is 0.971 bits per heavy atom. The SMILES string of the molecule is Cc1cccc(N2CCN(S(=O)(=O)CC(=O)Nc3c4c(nn3-c3ccccc3)CCC4)CC2)c1. The van der Waals surface area contributed by atoms with Crippen LogP contribution in [-0.4, -0.2) is 60.3 Å². The maximum absolute atomic E-state index is 13.0. The van der Waals surface area contributed by atoms with Crippen LogP contribution in [0.15, 0.2) is 54.6 Å². The molecule has 2 aromatic carbocycles. The largest absolute Gasteiger partial charge is 0.369 e. The highest BCUT2D eigenvalue weighted by Crippen LogP contribution is 2.31. The van der Waals surface area contributed by atoms with Crippen molar-refractivity contribution in [1.82, 2.24) is 14.1 Å². The van der Waals surface area contributed by atoms with Crippen LogP contribution in [0.5, 0.6) is 0 Å². The summed E-state index contributed by atoms with van der Waals surface area (Å²) in [6.45, 7) is 3.96. The van der Waals surface area contributed by atoms with Crippen molar-refractivity contribution >= 4 is 27.4 Å². The van der Waals surface area contributed by atoms with Crippen molar-refractivity contribution in [3.63, 3.8) is 0 Å². The highest BCUT2D eigenvalue weighted by Gasteiger charge is 2.31. The standard InChI is InChI=1S/C25H29N5O3S/c1-19-7-5-10-21(17-19)28-13-15-29(16-14-28)34(32,33)18-24(31)26-25-22-11-6-12-23(22)27-30(25)20-8-3-2-4-9-20/h2-5,7-10,17H,6,11-16,18H2,1H3,(H,26,31). The smallest absolute Gasteiger partial charge is 0.242 e. The summed E-state index contributed by atoms with van der Waals surface area (Å²) in [4.78, 5) is 15.1. The zero-order valence-corrected chi connectivity index (χ0v) is 20.1. The van der Waals surface area contributed by atoms with Crippen LogP contribution in [0.25, 0.3) is 5.69 Å². The lowest BCUT2D eigenvalue weighted by atomic mass is 10.2. The summed E-state index contributed by atoms with van der Waals surface area (Å²) in [6.07, 6.45) is 2.67. The Labute approximate surface area is 200 Å². The molecular formula is C25H29N5O3S. The van der Waals surface area contributed by atoms with E-state index in [1.54, 1.807) is 4.68 Å². The predicted molar refractivity (Wildman–Crippen MR) is 133 cm³/mol. The van der Waals surface area contributed by atoms with Crippen LogP contribution in [0.1, 0.15) is 23.2 Å². The summed E-state index contributed by atoms with van der Waals surface area (Å²) in [6, 6.07) is 17.8. The average molecular weight is 480 g/mol. The molecule has 34 heavy (non-hydrogen) atoms. The van der Waals surface area contributed by atoms with Crippen LogP contribution in [0.4, 0.5) is 11.5 Å². The predicted octanol–water partition coefficient (Wildman–Crippen LogP) is 2.76. The molecule has 0 unspecified atom stereocenters. The van der Waals surface area contributed by atoms with E-state index < -0.39 is 21.7 Å². The van der Waals surface area contributed by atoms with Crippen molar-refractivity contribution in [3.8, 4) is 5.69 Å². The number of amides is 1. The minimum Gasteiger partial charge on any atom is -0.369 e.